The Morgan fingerprint density at radius 1 is 1.27 bits per heavy atom. The van der Waals surface area contributed by atoms with Gasteiger partial charge in [0.2, 0.25) is 0 Å². The van der Waals surface area contributed by atoms with Crippen molar-refractivity contribution < 1.29 is 22.3 Å². The molecule has 0 bridgehead atoms. The van der Waals surface area contributed by atoms with E-state index in [1.807, 2.05) is 4.90 Å². The van der Waals surface area contributed by atoms with Gasteiger partial charge >= 0.3 is 6.18 Å². The van der Waals surface area contributed by atoms with Crippen LogP contribution in [-0.2, 0) is 0 Å². The minimum absolute atomic E-state index is 0.0741. The van der Waals surface area contributed by atoms with Gasteiger partial charge in [-0.1, -0.05) is 6.07 Å². The lowest BCUT2D eigenvalue weighted by Crippen LogP contribution is -2.45. The fourth-order valence-corrected chi connectivity index (χ4v) is 2.74. The first-order valence-corrected chi connectivity index (χ1v) is 7.25. The summed E-state index contributed by atoms with van der Waals surface area (Å²) < 4.78 is 56.5. The smallest absolute Gasteiger partial charge is 0.389 e. The fraction of sp³-hybridized carbons (Fsp3) is 0.600. The summed E-state index contributed by atoms with van der Waals surface area (Å²) in [6.45, 7) is 2.74. The normalized spacial score (nSPS) is 18.2. The Morgan fingerprint density at radius 3 is 2.50 bits per heavy atom. The molecule has 0 aromatic heterocycles. The van der Waals surface area contributed by atoms with Gasteiger partial charge in [0.1, 0.15) is 0 Å². The van der Waals surface area contributed by atoms with Crippen molar-refractivity contribution in [1.29, 1.82) is 0 Å². The number of methoxy groups -OCH3 is 1. The number of hydrogen-bond donors (Lipinski definition) is 1. The molecule has 1 N–H and O–H groups in total. The van der Waals surface area contributed by atoms with E-state index in [4.69, 9.17) is 4.74 Å². The molecule has 3 nitrogen and oxygen atoms in total. The number of nitrogens with zero attached hydrogens (tertiary/aromatic N) is 1. The van der Waals surface area contributed by atoms with Crippen molar-refractivity contribution in [2.75, 3.05) is 33.3 Å². The number of halogens is 4. The van der Waals surface area contributed by atoms with E-state index in [-0.39, 0.29) is 12.2 Å². The van der Waals surface area contributed by atoms with Crippen LogP contribution in [0, 0.1) is 5.82 Å². The van der Waals surface area contributed by atoms with E-state index in [9.17, 15) is 17.6 Å². The zero-order valence-corrected chi connectivity index (χ0v) is 12.4. The van der Waals surface area contributed by atoms with Crippen LogP contribution in [-0.4, -0.2) is 44.4 Å². The van der Waals surface area contributed by atoms with Crippen LogP contribution in [0.1, 0.15) is 24.4 Å². The van der Waals surface area contributed by atoms with Crippen molar-refractivity contribution in [1.82, 2.24) is 10.2 Å². The van der Waals surface area contributed by atoms with Crippen LogP contribution >= 0.6 is 0 Å². The maximum absolute atomic E-state index is 13.9. The van der Waals surface area contributed by atoms with Crippen molar-refractivity contribution in [3.05, 3.63) is 29.6 Å². The molecule has 0 amide bonds. The number of ether oxygens (including phenoxy) is 1. The van der Waals surface area contributed by atoms with Gasteiger partial charge in [0.05, 0.1) is 7.11 Å². The summed E-state index contributed by atoms with van der Waals surface area (Å²) in [7, 11) is 1.36. The molecule has 124 valence electrons. The Balaban J connectivity index is 2.20. The highest BCUT2D eigenvalue weighted by Crippen LogP contribution is 2.33. The first-order valence-electron chi connectivity index (χ1n) is 7.25. The van der Waals surface area contributed by atoms with Crippen LogP contribution in [0.25, 0.3) is 0 Å². The summed E-state index contributed by atoms with van der Waals surface area (Å²) in [5.41, 5.74) is 0.560. The summed E-state index contributed by atoms with van der Waals surface area (Å²) in [5, 5.41) is 3.17. The van der Waals surface area contributed by atoms with Crippen LogP contribution < -0.4 is 10.1 Å². The standard InChI is InChI=1S/C15H20F4N2O/c1-22-14-3-2-11(10-12(14)16)13(4-5-15(17,18)19)21-8-6-20-7-9-21/h2-3,10,13,20H,4-9H2,1H3/t13-/m0/s1. The van der Waals surface area contributed by atoms with Crippen molar-refractivity contribution in [3.8, 4) is 5.75 Å². The van der Waals surface area contributed by atoms with Crippen molar-refractivity contribution in [3.63, 3.8) is 0 Å². The second kappa shape index (κ2) is 7.28. The van der Waals surface area contributed by atoms with E-state index in [0.29, 0.717) is 18.7 Å². The molecular weight excluding hydrogens is 300 g/mol. The number of piperazine rings is 1. The van der Waals surface area contributed by atoms with Gasteiger partial charge in [0, 0.05) is 38.6 Å². The Hall–Kier alpha value is -1.34. The largest absolute Gasteiger partial charge is 0.494 e. The van der Waals surface area contributed by atoms with Crippen LogP contribution in [0.2, 0.25) is 0 Å². The summed E-state index contributed by atoms with van der Waals surface area (Å²) in [4.78, 5) is 1.98. The van der Waals surface area contributed by atoms with Gasteiger partial charge in [-0.05, 0) is 24.1 Å². The third-order valence-corrected chi connectivity index (χ3v) is 3.85. The van der Waals surface area contributed by atoms with Crippen molar-refractivity contribution in [2.45, 2.75) is 25.1 Å². The molecule has 1 heterocycles. The molecule has 0 aliphatic carbocycles. The molecule has 1 atom stereocenters. The number of nitrogens with one attached hydrogen (secondary N) is 1. The van der Waals surface area contributed by atoms with Crippen LogP contribution in [0.5, 0.6) is 5.75 Å². The summed E-state index contributed by atoms with van der Waals surface area (Å²) in [5.74, 6) is -0.453. The van der Waals surface area contributed by atoms with E-state index in [1.165, 1.54) is 19.2 Å². The lowest BCUT2D eigenvalue weighted by molar-refractivity contribution is -0.138. The van der Waals surface area contributed by atoms with Crippen LogP contribution in [0.4, 0.5) is 17.6 Å². The number of benzene rings is 1. The third kappa shape index (κ3) is 4.58. The maximum atomic E-state index is 13.9. The topological polar surface area (TPSA) is 24.5 Å². The molecule has 0 unspecified atom stereocenters. The quantitative estimate of drug-likeness (QED) is 0.844. The van der Waals surface area contributed by atoms with Crippen LogP contribution in [0.3, 0.4) is 0 Å². The molecule has 1 aliphatic heterocycles. The number of rotatable bonds is 5. The van der Waals surface area contributed by atoms with Crippen LogP contribution in [0.15, 0.2) is 18.2 Å². The number of alkyl halides is 3. The first kappa shape index (κ1) is 17.0. The van der Waals surface area contributed by atoms with Gasteiger partial charge in [-0.15, -0.1) is 0 Å². The zero-order chi connectivity index (χ0) is 16.2. The summed E-state index contributed by atoms with van der Waals surface area (Å²) >= 11 is 0. The summed E-state index contributed by atoms with van der Waals surface area (Å²) in [6.07, 6.45) is -5.16. The molecule has 1 saturated heterocycles. The highest BCUT2D eigenvalue weighted by Gasteiger charge is 2.31. The molecule has 0 saturated carbocycles. The fourth-order valence-electron chi connectivity index (χ4n) is 2.74. The molecule has 0 spiro atoms. The van der Waals surface area contributed by atoms with Gasteiger partial charge in [-0.25, -0.2) is 4.39 Å². The van der Waals surface area contributed by atoms with E-state index in [1.54, 1.807) is 6.07 Å². The van der Waals surface area contributed by atoms with Crippen molar-refractivity contribution in [2.24, 2.45) is 0 Å². The molecule has 1 fully saturated rings. The molecule has 1 aromatic rings. The van der Waals surface area contributed by atoms with E-state index >= 15 is 0 Å². The van der Waals surface area contributed by atoms with E-state index in [2.05, 4.69) is 5.32 Å². The molecular formula is C15H20F4N2O. The predicted molar refractivity (Wildman–Crippen MR) is 75.4 cm³/mol. The average Bonchev–Trinajstić information content (AvgIpc) is 2.47. The van der Waals surface area contributed by atoms with Gasteiger partial charge in [0.25, 0.3) is 0 Å². The molecule has 0 radical (unpaired) electrons. The van der Waals surface area contributed by atoms with E-state index < -0.39 is 24.5 Å². The Kier molecular flexibility index (Phi) is 5.63. The molecule has 1 aromatic carbocycles. The van der Waals surface area contributed by atoms with Gasteiger partial charge in [-0.3, -0.25) is 4.90 Å². The monoisotopic (exact) mass is 320 g/mol. The lowest BCUT2D eigenvalue weighted by atomic mass is 9.99. The highest BCUT2D eigenvalue weighted by molar-refractivity contribution is 5.31. The van der Waals surface area contributed by atoms with E-state index in [0.717, 1.165) is 13.1 Å². The summed E-state index contributed by atoms with van der Waals surface area (Å²) in [6, 6.07) is 3.95. The second-order valence-electron chi connectivity index (χ2n) is 5.35. The molecule has 1 aliphatic rings. The lowest BCUT2D eigenvalue weighted by Gasteiger charge is -2.35. The molecule has 7 heteroatoms. The Bertz CT molecular complexity index is 487. The molecule has 22 heavy (non-hydrogen) atoms. The Morgan fingerprint density at radius 2 is 1.95 bits per heavy atom. The van der Waals surface area contributed by atoms with Gasteiger partial charge in [0.15, 0.2) is 11.6 Å². The zero-order valence-electron chi connectivity index (χ0n) is 12.4. The van der Waals surface area contributed by atoms with Gasteiger partial charge in [-0.2, -0.15) is 13.2 Å². The minimum atomic E-state index is -4.21. The van der Waals surface area contributed by atoms with Gasteiger partial charge < -0.3 is 10.1 Å². The maximum Gasteiger partial charge on any atom is 0.389 e. The SMILES string of the molecule is COc1ccc([C@H](CCC(F)(F)F)N2CCNCC2)cc1F. The van der Waals surface area contributed by atoms with Crippen molar-refractivity contribution >= 4 is 0 Å². The average molecular weight is 320 g/mol. The first-order chi connectivity index (χ1) is 10.4. The third-order valence-electron chi connectivity index (χ3n) is 3.85. The minimum Gasteiger partial charge on any atom is -0.494 e. The predicted octanol–water partition coefficient (Wildman–Crippen LogP) is 3.12. The Labute approximate surface area is 127 Å². The highest BCUT2D eigenvalue weighted by atomic mass is 19.4. The second-order valence-corrected chi connectivity index (χ2v) is 5.35. The number of hydrogen-bond acceptors (Lipinski definition) is 3. The molecule has 2 rings (SSSR count).